The number of ether oxygens (including phenoxy) is 2. The van der Waals surface area contributed by atoms with Crippen molar-refractivity contribution in [2.24, 2.45) is 0 Å². The van der Waals surface area contributed by atoms with Gasteiger partial charge in [0.2, 0.25) is 5.91 Å². The van der Waals surface area contributed by atoms with Crippen LogP contribution >= 0.6 is 11.3 Å². The van der Waals surface area contributed by atoms with Crippen LogP contribution in [-0.4, -0.2) is 38.4 Å². The summed E-state index contributed by atoms with van der Waals surface area (Å²) in [4.78, 5) is 12.2. The number of amides is 1. The van der Waals surface area contributed by atoms with Crippen molar-refractivity contribution in [2.45, 2.75) is 38.8 Å². The molecule has 1 aromatic heterocycles. The Bertz CT molecular complexity index is 430. The molecule has 21 heavy (non-hydrogen) atoms. The molecule has 1 saturated heterocycles. The topological polar surface area (TPSA) is 59.6 Å². The van der Waals surface area contributed by atoms with Gasteiger partial charge in [-0.2, -0.15) is 0 Å². The number of nitrogens with one attached hydrogen (secondary N) is 2. The molecular weight excluding hydrogens is 288 g/mol. The Morgan fingerprint density at radius 2 is 2.48 bits per heavy atom. The van der Waals surface area contributed by atoms with E-state index >= 15 is 0 Å². The third kappa shape index (κ3) is 6.13. The van der Waals surface area contributed by atoms with Crippen molar-refractivity contribution in [3.63, 3.8) is 0 Å². The number of hydrogen-bond acceptors (Lipinski definition) is 5. The molecule has 1 atom stereocenters. The van der Waals surface area contributed by atoms with Crippen LogP contribution in [0.2, 0.25) is 0 Å². The van der Waals surface area contributed by atoms with Crippen molar-refractivity contribution >= 4 is 22.9 Å². The van der Waals surface area contributed by atoms with Gasteiger partial charge in [-0.15, -0.1) is 11.3 Å². The van der Waals surface area contributed by atoms with Crippen molar-refractivity contribution in [3.05, 3.63) is 16.3 Å². The summed E-state index contributed by atoms with van der Waals surface area (Å²) in [7, 11) is 0. The second kappa shape index (κ2) is 9.15. The van der Waals surface area contributed by atoms with Gasteiger partial charge in [-0.05, 0) is 37.3 Å². The Hall–Kier alpha value is -0.950. The molecule has 5 nitrogen and oxygen atoms in total. The highest BCUT2D eigenvalue weighted by molar-refractivity contribution is 7.10. The van der Waals surface area contributed by atoms with Crippen LogP contribution in [0.5, 0.6) is 0 Å². The quantitative estimate of drug-likeness (QED) is 0.687. The van der Waals surface area contributed by atoms with Crippen molar-refractivity contribution < 1.29 is 14.3 Å². The summed E-state index contributed by atoms with van der Waals surface area (Å²) in [6, 6.07) is 1.94. The Morgan fingerprint density at radius 3 is 3.24 bits per heavy atom. The summed E-state index contributed by atoms with van der Waals surface area (Å²) < 4.78 is 11.1. The summed E-state index contributed by atoms with van der Waals surface area (Å²) in [5.74, 6) is -0.0304. The maximum absolute atomic E-state index is 11.1. The zero-order chi connectivity index (χ0) is 14.9. The van der Waals surface area contributed by atoms with Gasteiger partial charge in [0, 0.05) is 31.6 Å². The lowest BCUT2D eigenvalue weighted by Crippen LogP contribution is -2.19. The maximum atomic E-state index is 11.1. The number of rotatable bonds is 9. The minimum absolute atomic E-state index is 0.0304. The van der Waals surface area contributed by atoms with Gasteiger partial charge in [-0.3, -0.25) is 4.79 Å². The van der Waals surface area contributed by atoms with Gasteiger partial charge in [-0.25, -0.2) is 0 Å². The van der Waals surface area contributed by atoms with E-state index in [2.05, 4.69) is 10.6 Å². The van der Waals surface area contributed by atoms with E-state index in [1.165, 1.54) is 6.92 Å². The van der Waals surface area contributed by atoms with Crippen LogP contribution in [-0.2, 0) is 20.8 Å². The summed E-state index contributed by atoms with van der Waals surface area (Å²) in [5.41, 5.74) is 0.912. The van der Waals surface area contributed by atoms with Crippen LogP contribution in [0, 0.1) is 0 Å². The standard InChI is InChI=1S/C15H24N2O3S/c1-12(18)17-14-5-9-21-15(14)10-16-6-3-7-19-11-13-4-2-8-20-13/h5,9,13,16H,2-4,6-8,10-11H2,1H3,(H,17,18). The average molecular weight is 312 g/mol. The van der Waals surface area contributed by atoms with Crippen LogP contribution in [0.1, 0.15) is 31.1 Å². The molecule has 0 aromatic carbocycles. The minimum atomic E-state index is -0.0304. The van der Waals surface area contributed by atoms with Gasteiger partial charge in [0.25, 0.3) is 0 Å². The molecular formula is C15H24N2O3S. The lowest BCUT2D eigenvalue weighted by Gasteiger charge is -2.10. The fraction of sp³-hybridized carbons (Fsp3) is 0.667. The van der Waals surface area contributed by atoms with Crippen molar-refractivity contribution in [2.75, 3.05) is 31.7 Å². The molecule has 0 radical (unpaired) electrons. The molecule has 118 valence electrons. The van der Waals surface area contributed by atoms with E-state index in [9.17, 15) is 4.79 Å². The molecule has 0 aliphatic carbocycles. The van der Waals surface area contributed by atoms with Crippen molar-refractivity contribution in [3.8, 4) is 0 Å². The number of anilines is 1. The molecule has 2 rings (SSSR count). The van der Waals surface area contributed by atoms with Gasteiger partial charge in [0.05, 0.1) is 18.4 Å². The molecule has 2 N–H and O–H groups in total. The molecule has 1 unspecified atom stereocenters. The lowest BCUT2D eigenvalue weighted by molar-refractivity contribution is -0.114. The Morgan fingerprint density at radius 1 is 1.57 bits per heavy atom. The van der Waals surface area contributed by atoms with Crippen LogP contribution < -0.4 is 10.6 Å². The normalized spacial score (nSPS) is 18.0. The minimum Gasteiger partial charge on any atom is -0.379 e. The van der Waals surface area contributed by atoms with E-state index < -0.39 is 0 Å². The molecule has 1 aromatic rings. The molecule has 1 fully saturated rings. The zero-order valence-electron chi connectivity index (χ0n) is 12.5. The monoisotopic (exact) mass is 312 g/mol. The van der Waals surface area contributed by atoms with E-state index in [0.29, 0.717) is 6.10 Å². The molecule has 1 aliphatic heterocycles. The van der Waals surface area contributed by atoms with Crippen molar-refractivity contribution in [1.29, 1.82) is 0 Å². The number of thiophene rings is 1. The third-order valence-electron chi connectivity index (χ3n) is 3.31. The van der Waals surface area contributed by atoms with Crippen LogP contribution in [0.25, 0.3) is 0 Å². The Balaban J connectivity index is 1.51. The first-order valence-corrected chi connectivity index (χ1v) is 8.37. The van der Waals surface area contributed by atoms with E-state index in [1.54, 1.807) is 11.3 Å². The highest BCUT2D eigenvalue weighted by atomic mass is 32.1. The van der Waals surface area contributed by atoms with Gasteiger partial charge < -0.3 is 20.1 Å². The van der Waals surface area contributed by atoms with Gasteiger partial charge in [0.1, 0.15) is 0 Å². The summed E-state index contributed by atoms with van der Waals surface area (Å²) >= 11 is 1.65. The maximum Gasteiger partial charge on any atom is 0.221 e. The lowest BCUT2D eigenvalue weighted by atomic mass is 10.2. The first-order chi connectivity index (χ1) is 10.3. The fourth-order valence-electron chi connectivity index (χ4n) is 2.27. The smallest absolute Gasteiger partial charge is 0.221 e. The largest absolute Gasteiger partial charge is 0.379 e. The number of carbonyl (C=O) groups is 1. The van der Waals surface area contributed by atoms with Crippen molar-refractivity contribution in [1.82, 2.24) is 5.32 Å². The van der Waals surface area contributed by atoms with E-state index in [4.69, 9.17) is 9.47 Å². The highest BCUT2D eigenvalue weighted by Crippen LogP contribution is 2.21. The first-order valence-electron chi connectivity index (χ1n) is 7.49. The predicted molar refractivity (Wildman–Crippen MR) is 84.7 cm³/mol. The average Bonchev–Trinajstić information content (AvgIpc) is 3.09. The first kappa shape index (κ1) is 16.4. The Labute approximate surface area is 130 Å². The van der Waals surface area contributed by atoms with Gasteiger partial charge in [-0.1, -0.05) is 0 Å². The van der Waals surface area contributed by atoms with E-state index in [1.807, 2.05) is 11.4 Å². The van der Waals surface area contributed by atoms with Crippen LogP contribution in [0.4, 0.5) is 5.69 Å². The van der Waals surface area contributed by atoms with Crippen LogP contribution in [0.15, 0.2) is 11.4 Å². The molecule has 0 spiro atoms. The number of carbonyl (C=O) groups excluding carboxylic acids is 1. The third-order valence-corrected chi connectivity index (χ3v) is 4.23. The molecule has 2 heterocycles. The summed E-state index contributed by atoms with van der Waals surface area (Å²) in [5, 5.41) is 8.21. The van der Waals surface area contributed by atoms with Gasteiger partial charge in [0.15, 0.2) is 0 Å². The second-order valence-electron chi connectivity index (χ2n) is 5.18. The molecule has 1 aliphatic rings. The molecule has 1 amide bonds. The van der Waals surface area contributed by atoms with E-state index in [0.717, 1.165) is 62.7 Å². The zero-order valence-corrected chi connectivity index (χ0v) is 13.3. The van der Waals surface area contributed by atoms with Gasteiger partial charge >= 0.3 is 0 Å². The molecule has 6 heteroatoms. The molecule has 0 bridgehead atoms. The Kier molecular flexibility index (Phi) is 7.15. The second-order valence-corrected chi connectivity index (χ2v) is 6.18. The van der Waals surface area contributed by atoms with Crippen LogP contribution in [0.3, 0.4) is 0 Å². The highest BCUT2D eigenvalue weighted by Gasteiger charge is 2.14. The predicted octanol–water partition coefficient (Wildman–Crippen LogP) is 2.38. The van der Waals surface area contributed by atoms with E-state index in [-0.39, 0.29) is 5.91 Å². The SMILES string of the molecule is CC(=O)Nc1ccsc1CNCCCOCC1CCCO1. The summed E-state index contributed by atoms with van der Waals surface area (Å²) in [6.07, 6.45) is 3.58. The number of hydrogen-bond donors (Lipinski definition) is 2. The fourth-order valence-corrected chi connectivity index (χ4v) is 3.07. The molecule has 0 saturated carbocycles. The summed E-state index contributed by atoms with van der Waals surface area (Å²) in [6.45, 7) is 5.57.